The molecule has 2 aliphatic rings. The smallest absolute Gasteiger partial charge is 0.315 e. The van der Waals surface area contributed by atoms with Crippen molar-refractivity contribution in [1.82, 2.24) is 10.6 Å². The predicted octanol–water partition coefficient (Wildman–Crippen LogP) is 2.12. The Morgan fingerprint density at radius 2 is 1.73 bits per heavy atom. The molecule has 1 aromatic carbocycles. The summed E-state index contributed by atoms with van der Waals surface area (Å²) < 4.78 is 0. The van der Waals surface area contributed by atoms with Crippen LogP contribution >= 0.6 is 0 Å². The summed E-state index contributed by atoms with van der Waals surface area (Å²) in [5, 5.41) is 14.7. The first-order chi connectivity index (χ1) is 12.5. The average molecular weight is 359 g/mol. The highest BCUT2D eigenvalue weighted by molar-refractivity contribution is 6.01. The Labute approximate surface area is 152 Å². The van der Waals surface area contributed by atoms with Gasteiger partial charge in [-0.25, -0.2) is 4.79 Å². The monoisotopic (exact) mass is 359 g/mol. The van der Waals surface area contributed by atoms with Crippen LogP contribution in [0.4, 0.5) is 10.5 Å². The summed E-state index contributed by atoms with van der Waals surface area (Å²) in [5.74, 6) is -1.18. The van der Waals surface area contributed by atoms with Gasteiger partial charge in [0.15, 0.2) is 0 Å². The van der Waals surface area contributed by atoms with Gasteiger partial charge in [-0.05, 0) is 51.2 Å². The molecular formula is C19H25N3O4. The van der Waals surface area contributed by atoms with Crippen molar-refractivity contribution in [3.05, 3.63) is 30.3 Å². The highest BCUT2D eigenvalue weighted by Crippen LogP contribution is 2.27. The molecule has 1 aliphatic carbocycles. The lowest BCUT2D eigenvalue weighted by Crippen LogP contribution is -2.49. The van der Waals surface area contributed by atoms with E-state index in [1.54, 1.807) is 4.90 Å². The Balaban J connectivity index is 1.52. The van der Waals surface area contributed by atoms with Gasteiger partial charge in [-0.1, -0.05) is 18.2 Å². The summed E-state index contributed by atoms with van der Waals surface area (Å²) in [6, 6.07) is 8.52. The molecule has 140 valence electrons. The Bertz CT molecular complexity index is 671. The van der Waals surface area contributed by atoms with Crippen molar-refractivity contribution in [1.29, 1.82) is 0 Å². The topological polar surface area (TPSA) is 98.7 Å². The first-order valence-corrected chi connectivity index (χ1v) is 9.13. The number of hydrogen-bond donors (Lipinski definition) is 3. The average Bonchev–Trinajstić information content (AvgIpc) is 2.89. The largest absolute Gasteiger partial charge is 0.481 e. The molecule has 0 bridgehead atoms. The number of carboxylic acids is 1. The minimum Gasteiger partial charge on any atom is -0.481 e. The van der Waals surface area contributed by atoms with Gasteiger partial charge in [0.1, 0.15) is 6.04 Å². The zero-order chi connectivity index (χ0) is 18.7. The Morgan fingerprint density at radius 1 is 1.08 bits per heavy atom. The van der Waals surface area contributed by atoms with Crippen LogP contribution in [0, 0.1) is 5.92 Å². The zero-order valence-corrected chi connectivity index (χ0v) is 14.9. The maximum absolute atomic E-state index is 12.7. The lowest BCUT2D eigenvalue weighted by molar-refractivity contribution is -0.142. The fraction of sp³-hybridized carbons (Fsp3) is 0.526. The number of carboxylic acid groups (broad SMARTS) is 1. The van der Waals surface area contributed by atoms with Crippen LogP contribution in [0.2, 0.25) is 0 Å². The van der Waals surface area contributed by atoms with Crippen molar-refractivity contribution in [3.63, 3.8) is 0 Å². The number of carbonyl (C=O) groups is 3. The lowest BCUT2D eigenvalue weighted by Gasteiger charge is -2.27. The van der Waals surface area contributed by atoms with Crippen LogP contribution in [-0.4, -0.2) is 41.1 Å². The summed E-state index contributed by atoms with van der Waals surface area (Å²) in [6.45, 7) is 1.97. The number of benzene rings is 1. The highest BCUT2D eigenvalue weighted by atomic mass is 16.4. The fourth-order valence-corrected chi connectivity index (χ4v) is 3.89. The molecule has 1 heterocycles. The van der Waals surface area contributed by atoms with Gasteiger partial charge in [-0.2, -0.15) is 0 Å². The van der Waals surface area contributed by atoms with Crippen LogP contribution in [0.1, 0.15) is 39.0 Å². The molecule has 0 radical (unpaired) electrons. The van der Waals surface area contributed by atoms with Crippen LogP contribution in [0.25, 0.3) is 0 Å². The van der Waals surface area contributed by atoms with Gasteiger partial charge in [-0.3, -0.25) is 9.59 Å². The quantitative estimate of drug-likeness (QED) is 0.767. The van der Waals surface area contributed by atoms with E-state index in [2.05, 4.69) is 10.6 Å². The Morgan fingerprint density at radius 3 is 2.35 bits per heavy atom. The van der Waals surface area contributed by atoms with Crippen molar-refractivity contribution >= 4 is 23.6 Å². The third-order valence-corrected chi connectivity index (χ3v) is 5.30. The number of para-hydroxylation sites is 1. The summed E-state index contributed by atoms with van der Waals surface area (Å²) in [6.07, 6.45) is 3.00. The van der Waals surface area contributed by atoms with Crippen LogP contribution in [0.5, 0.6) is 0 Å². The van der Waals surface area contributed by atoms with Gasteiger partial charge in [0.05, 0.1) is 5.92 Å². The van der Waals surface area contributed by atoms with Gasteiger partial charge in [0.2, 0.25) is 5.91 Å². The normalized spacial score (nSPS) is 28.7. The maximum atomic E-state index is 12.7. The number of nitrogens with one attached hydrogen (secondary N) is 2. The van der Waals surface area contributed by atoms with E-state index in [1.807, 2.05) is 37.3 Å². The molecule has 2 atom stereocenters. The van der Waals surface area contributed by atoms with Crippen LogP contribution in [0.15, 0.2) is 30.3 Å². The van der Waals surface area contributed by atoms with Crippen LogP contribution < -0.4 is 15.5 Å². The highest BCUT2D eigenvalue weighted by Gasteiger charge is 2.39. The molecule has 2 unspecified atom stereocenters. The molecule has 3 amide bonds. The van der Waals surface area contributed by atoms with Crippen molar-refractivity contribution in [2.75, 3.05) is 4.90 Å². The predicted molar refractivity (Wildman–Crippen MR) is 96.8 cm³/mol. The van der Waals surface area contributed by atoms with Crippen LogP contribution in [0.3, 0.4) is 0 Å². The SMILES string of the molecule is CC1CC(NC(=O)NC2CCC(C(=O)O)CC2)C(=O)N1c1ccccc1. The summed E-state index contributed by atoms with van der Waals surface area (Å²) >= 11 is 0. The van der Waals surface area contributed by atoms with Gasteiger partial charge >= 0.3 is 12.0 Å². The third-order valence-electron chi connectivity index (χ3n) is 5.30. The minimum atomic E-state index is -0.764. The molecule has 26 heavy (non-hydrogen) atoms. The summed E-state index contributed by atoms with van der Waals surface area (Å²) in [7, 11) is 0. The molecule has 7 heteroatoms. The zero-order valence-electron chi connectivity index (χ0n) is 14.9. The van der Waals surface area contributed by atoms with E-state index in [9.17, 15) is 14.4 Å². The number of rotatable bonds is 4. The van der Waals surface area contributed by atoms with E-state index in [1.165, 1.54) is 0 Å². The molecule has 1 aromatic rings. The van der Waals surface area contributed by atoms with Gasteiger partial charge in [-0.15, -0.1) is 0 Å². The molecule has 3 N–H and O–H groups in total. The van der Waals surface area contributed by atoms with Gasteiger partial charge in [0.25, 0.3) is 0 Å². The number of hydrogen-bond acceptors (Lipinski definition) is 3. The molecule has 2 fully saturated rings. The standard InChI is InChI=1S/C19H25N3O4/c1-12-11-16(17(23)22(12)15-5-3-2-4-6-15)21-19(26)20-14-9-7-13(8-10-14)18(24)25/h2-6,12-14,16H,7-11H2,1H3,(H,24,25)(H2,20,21,26). The number of urea groups is 1. The maximum Gasteiger partial charge on any atom is 0.315 e. The van der Waals surface area contributed by atoms with Gasteiger partial charge in [0, 0.05) is 17.8 Å². The molecule has 1 aliphatic heterocycles. The molecule has 1 saturated carbocycles. The van der Waals surface area contributed by atoms with Crippen molar-refractivity contribution in [2.45, 2.75) is 57.2 Å². The molecule has 7 nitrogen and oxygen atoms in total. The van der Waals surface area contributed by atoms with Crippen molar-refractivity contribution < 1.29 is 19.5 Å². The molecule has 0 spiro atoms. The number of aliphatic carboxylic acids is 1. The fourth-order valence-electron chi connectivity index (χ4n) is 3.89. The first kappa shape index (κ1) is 18.2. The second-order valence-electron chi connectivity index (χ2n) is 7.19. The number of carbonyl (C=O) groups excluding carboxylic acids is 2. The van der Waals surface area contributed by atoms with Crippen molar-refractivity contribution in [3.8, 4) is 0 Å². The van der Waals surface area contributed by atoms with Gasteiger partial charge < -0.3 is 20.6 Å². The van der Waals surface area contributed by atoms with E-state index < -0.39 is 12.0 Å². The molecule has 1 saturated heterocycles. The van der Waals surface area contributed by atoms with Crippen LogP contribution in [-0.2, 0) is 9.59 Å². The summed E-state index contributed by atoms with van der Waals surface area (Å²) in [5.41, 5.74) is 0.835. The number of nitrogens with zero attached hydrogens (tertiary/aromatic N) is 1. The van der Waals surface area contributed by atoms with E-state index in [0.29, 0.717) is 32.1 Å². The van der Waals surface area contributed by atoms with Crippen molar-refractivity contribution in [2.24, 2.45) is 5.92 Å². The number of anilines is 1. The lowest BCUT2D eigenvalue weighted by atomic mass is 9.86. The molecule has 3 rings (SSSR count). The Hall–Kier alpha value is -2.57. The minimum absolute atomic E-state index is 0.0150. The Kier molecular flexibility index (Phi) is 5.44. The third kappa shape index (κ3) is 3.98. The first-order valence-electron chi connectivity index (χ1n) is 9.13. The molecular weight excluding hydrogens is 334 g/mol. The van der Waals surface area contributed by atoms with E-state index in [-0.39, 0.29) is 29.9 Å². The van der Waals surface area contributed by atoms with E-state index in [4.69, 9.17) is 5.11 Å². The summed E-state index contributed by atoms with van der Waals surface area (Å²) in [4.78, 5) is 37.7. The molecule has 0 aromatic heterocycles. The second-order valence-corrected chi connectivity index (χ2v) is 7.19. The number of amides is 3. The second kappa shape index (κ2) is 7.76. The van der Waals surface area contributed by atoms with E-state index in [0.717, 1.165) is 5.69 Å². The van der Waals surface area contributed by atoms with E-state index >= 15 is 0 Å².